The maximum Gasteiger partial charge on any atom is 0.197 e. The minimum Gasteiger partial charge on any atom is -0.497 e. The third-order valence-corrected chi connectivity index (χ3v) is 4.59. The highest BCUT2D eigenvalue weighted by Crippen LogP contribution is 2.21. The van der Waals surface area contributed by atoms with E-state index in [-0.39, 0.29) is 0 Å². The van der Waals surface area contributed by atoms with Crippen LogP contribution in [0.4, 0.5) is 0 Å². The molecule has 2 heterocycles. The second kappa shape index (κ2) is 6.85. The average Bonchev–Trinajstić information content (AvgIpc) is 3.15. The Morgan fingerprint density at radius 2 is 2.09 bits per heavy atom. The van der Waals surface area contributed by atoms with Gasteiger partial charge in [-0.15, -0.1) is 21.5 Å². The molecule has 7 heteroatoms. The number of methoxy groups -OCH3 is 1. The molecule has 0 fully saturated rings. The zero-order valence-corrected chi connectivity index (χ0v) is 14.2. The predicted molar refractivity (Wildman–Crippen MR) is 90.9 cm³/mol. The van der Waals surface area contributed by atoms with Gasteiger partial charge >= 0.3 is 0 Å². The molecule has 0 saturated heterocycles. The molecule has 0 bridgehead atoms. The van der Waals surface area contributed by atoms with Gasteiger partial charge in [0.05, 0.1) is 13.7 Å². The molecule has 5 nitrogen and oxygen atoms in total. The van der Waals surface area contributed by atoms with Crippen molar-refractivity contribution in [1.29, 1.82) is 0 Å². The Balaban J connectivity index is 1.66. The molecule has 0 unspecified atom stereocenters. The molecule has 0 amide bonds. The fraction of sp³-hybridized carbons (Fsp3) is 0.133. The van der Waals surface area contributed by atoms with Gasteiger partial charge in [-0.3, -0.25) is 0 Å². The molecule has 0 N–H and O–H groups in total. The van der Waals surface area contributed by atoms with Crippen LogP contribution in [0.2, 0.25) is 0 Å². The van der Waals surface area contributed by atoms with Crippen LogP contribution in [0.25, 0.3) is 12.2 Å². The van der Waals surface area contributed by atoms with E-state index in [1.54, 1.807) is 23.2 Å². The summed E-state index contributed by atoms with van der Waals surface area (Å²) in [5, 5.41) is 14.5. The highest BCUT2D eigenvalue weighted by molar-refractivity contribution is 9.10. The van der Waals surface area contributed by atoms with E-state index in [1.165, 1.54) is 0 Å². The number of thiophene rings is 1. The molecule has 3 rings (SSSR count). The van der Waals surface area contributed by atoms with E-state index in [2.05, 4.69) is 31.3 Å². The molecule has 0 aliphatic heterocycles. The normalized spacial score (nSPS) is 11.2. The summed E-state index contributed by atoms with van der Waals surface area (Å²) in [6.45, 7) is 0.579. The summed E-state index contributed by atoms with van der Waals surface area (Å²) >= 11 is 5.08. The zero-order valence-electron chi connectivity index (χ0n) is 11.8. The van der Waals surface area contributed by atoms with Gasteiger partial charge in [-0.1, -0.05) is 12.1 Å². The van der Waals surface area contributed by atoms with Crippen molar-refractivity contribution in [2.24, 2.45) is 0 Å². The monoisotopic (exact) mass is 376 g/mol. The van der Waals surface area contributed by atoms with Gasteiger partial charge < -0.3 is 4.74 Å². The molecule has 22 heavy (non-hydrogen) atoms. The Labute approximate surface area is 140 Å². The number of nitrogens with zero attached hydrogens (tertiary/aromatic N) is 4. The lowest BCUT2D eigenvalue weighted by molar-refractivity contribution is 0.414. The van der Waals surface area contributed by atoms with E-state index in [0.29, 0.717) is 12.4 Å². The first-order valence-corrected chi connectivity index (χ1v) is 8.23. The van der Waals surface area contributed by atoms with Crippen LogP contribution >= 0.6 is 27.3 Å². The van der Waals surface area contributed by atoms with E-state index < -0.39 is 0 Å². The Morgan fingerprint density at radius 1 is 1.27 bits per heavy atom. The second-order valence-corrected chi connectivity index (χ2v) is 6.39. The van der Waals surface area contributed by atoms with Crippen LogP contribution in [-0.4, -0.2) is 27.3 Å². The van der Waals surface area contributed by atoms with Crippen molar-refractivity contribution in [3.63, 3.8) is 0 Å². The van der Waals surface area contributed by atoms with E-state index in [1.807, 2.05) is 47.9 Å². The Bertz CT molecular complexity index is 779. The van der Waals surface area contributed by atoms with E-state index >= 15 is 0 Å². The maximum absolute atomic E-state index is 5.14. The van der Waals surface area contributed by atoms with Gasteiger partial charge in [0.2, 0.25) is 0 Å². The minimum atomic E-state index is 0.579. The smallest absolute Gasteiger partial charge is 0.197 e. The number of benzene rings is 1. The van der Waals surface area contributed by atoms with Crippen LogP contribution in [0, 0.1) is 0 Å². The van der Waals surface area contributed by atoms with Crippen LogP contribution in [0.3, 0.4) is 0 Å². The van der Waals surface area contributed by atoms with Gasteiger partial charge in [0.1, 0.15) is 5.75 Å². The predicted octanol–water partition coefficient (Wildman–Crippen LogP) is 3.72. The minimum absolute atomic E-state index is 0.579. The highest BCUT2D eigenvalue weighted by atomic mass is 79.9. The van der Waals surface area contributed by atoms with E-state index in [0.717, 1.165) is 20.7 Å². The third-order valence-electron chi connectivity index (χ3n) is 2.94. The summed E-state index contributed by atoms with van der Waals surface area (Å²) in [6, 6.07) is 9.86. The Morgan fingerprint density at radius 3 is 2.77 bits per heavy atom. The van der Waals surface area contributed by atoms with Gasteiger partial charge in [-0.25, -0.2) is 0 Å². The van der Waals surface area contributed by atoms with Crippen molar-refractivity contribution in [3.05, 3.63) is 56.4 Å². The van der Waals surface area contributed by atoms with Crippen LogP contribution in [0.1, 0.15) is 16.3 Å². The molecule has 0 aliphatic rings. The fourth-order valence-corrected chi connectivity index (χ4v) is 3.19. The van der Waals surface area contributed by atoms with Crippen LogP contribution in [0.5, 0.6) is 5.75 Å². The van der Waals surface area contributed by atoms with Crippen molar-refractivity contribution < 1.29 is 4.74 Å². The molecule has 0 spiro atoms. The van der Waals surface area contributed by atoms with E-state index in [9.17, 15) is 0 Å². The molecule has 1 aromatic carbocycles. The van der Waals surface area contributed by atoms with Gasteiger partial charge in [-0.2, -0.15) is 4.80 Å². The quantitative estimate of drug-likeness (QED) is 0.680. The number of rotatable bonds is 5. The lowest BCUT2D eigenvalue weighted by Gasteiger charge is -2.01. The largest absolute Gasteiger partial charge is 0.497 e. The first-order valence-electron chi connectivity index (χ1n) is 6.56. The Hall–Kier alpha value is -1.99. The summed E-state index contributed by atoms with van der Waals surface area (Å²) in [5.41, 5.74) is 1.09. The molecule has 0 radical (unpaired) electrons. The van der Waals surface area contributed by atoms with Crippen molar-refractivity contribution in [3.8, 4) is 5.75 Å². The average molecular weight is 377 g/mol. The fourth-order valence-electron chi connectivity index (χ4n) is 1.86. The molecular weight excluding hydrogens is 364 g/mol. The lowest BCUT2D eigenvalue weighted by atomic mass is 10.2. The maximum atomic E-state index is 5.14. The second-order valence-electron chi connectivity index (χ2n) is 4.53. The molecule has 0 saturated carbocycles. The summed E-state index contributed by atoms with van der Waals surface area (Å²) < 4.78 is 6.21. The molecule has 2 aromatic heterocycles. The first kappa shape index (κ1) is 14.9. The number of hydrogen-bond donors (Lipinski definition) is 0. The third kappa shape index (κ3) is 3.80. The van der Waals surface area contributed by atoms with Crippen molar-refractivity contribution in [2.45, 2.75) is 6.54 Å². The summed E-state index contributed by atoms with van der Waals surface area (Å²) in [7, 11) is 1.65. The topological polar surface area (TPSA) is 52.8 Å². The SMILES string of the molecule is COc1ccc(Cn2nnc(/C=C/c3cc(Br)cs3)n2)cc1. The molecule has 0 atom stereocenters. The van der Waals surface area contributed by atoms with Crippen LogP contribution < -0.4 is 4.74 Å². The first-order chi connectivity index (χ1) is 10.7. The van der Waals surface area contributed by atoms with Crippen LogP contribution in [-0.2, 0) is 6.54 Å². The number of halogens is 1. The molecule has 112 valence electrons. The summed E-state index contributed by atoms with van der Waals surface area (Å²) in [6.07, 6.45) is 3.83. The van der Waals surface area contributed by atoms with Crippen molar-refractivity contribution in [1.82, 2.24) is 20.2 Å². The van der Waals surface area contributed by atoms with Gasteiger partial charge in [0, 0.05) is 14.7 Å². The van der Waals surface area contributed by atoms with Crippen LogP contribution in [0.15, 0.2) is 40.2 Å². The molecule has 0 aliphatic carbocycles. The Kier molecular flexibility index (Phi) is 4.65. The summed E-state index contributed by atoms with van der Waals surface area (Å²) in [5.74, 6) is 1.43. The summed E-state index contributed by atoms with van der Waals surface area (Å²) in [4.78, 5) is 2.71. The van der Waals surface area contributed by atoms with Gasteiger partial charge in [0.15, 0.2) is 5.82 Å². The van der Waals surface area contributed by atoms with Crippen molar-refractivity contribution >= 4 is 39.4 Å². The number of ether oxygens (including phenoxy) is 1. The van der Waals surface area contributed by atoms with E-state index in [4.69, 9.17) is 4.74 Å². The van der Waals surface area contributed by atoms with Gasteiger partial charge in [-0.05, 0) is 57.1 Å². The number of aromatic nitrogens is 4. The zero-order chi connectivity index (χ0) is 15.4. The lowest BCUT2D eigenvalue weighted by Crippen LogP contribution is -2.03. The highest BCUT2D eigenvalue weighted by Gasteiger charge is 2.02. The molecule has 3 aromatic rings. The number of tetrazole rings is 1. The number of hydrogen-bond acceptors (Lipinski definition) is 5. The van der Waals surface area contributed by atoms with Gasteiger partial charge in [0.25, 0.3) is 0 Å². The van der Waals surface area contributed by atoms with Crippen molar-refractivity contribution in [2.75, 3.05) is 7.11 Å². The standard InChI is InChI=1S/C15H13BrN4OS/c1-21-13-4-2-11(3-5-13)9-20-18-15(17-19-20)7-6-14-8-12(16)10-22-14/h2-8,10H,9H2,1H3/b7-6+. The molecular formula is C15H13BrN4OS.